The Morgan fingerprint density at radius 3 is 2.56 bits per heavy atom. The van der Waals surface area contributed by atoms with Crippen molar-refractivity contribution in [2.24, 2.45) is 0 Å². The fourth-order valence-corrected chi connectivity index (χ4v) is 3.75. The number of rotatable bonds is 4. The third kappa shape index (κ3) is 4.43. The van der Waals surface area contributed by atoms with Gasteiger partial charge in [0.05, 0.1) is 0 Å². The molecule has 1 N–H and O–H groups in total. The largest absolute Gasteiger partial charge is 0.481 e. The number of anilines is 1. The van der Waals surface area contributed by atoms with Crippen LogP contribution >= 0.6 is 11.6 Å². The SMILES string of the molecule is C[C@H]1Oc2ccc(NC(=O)c3c(F)cccc3F)cc2CN(Cc2ccccc2Cl)C1=O. The molecular formula is C24H19ClF2N2O3. The zero-order chi connectivity index (χ0) is 22.8. The third-order valence-corrected chi connectivity index (χ3v) is 5.52. The van der Waals surface area contributed by atoms with E-state index in [2.05, 4.69) is 5.32 Å². The number of carbonyl (C=O) groups excluding carboxylic acids is 2. The fraction of sp³-hybridized carbons (Fsp3) is 0.167. The second-order valence-corrected chi connectivity index (χ2v) is 7.83. The zero-order valence-corrected chi connectivity index (χ0v) is 17.8. The van der Waals surface area contributed by atoms with Crippen LogP contribution in [-0.4, -0.2) is 22.8 Å². The van der Waals surface area contributed by atoms with Crippen LogP contribution in [0.1, 0.15) is 28.4 Å². The highest BCUT2D eigenvalue weighted by Crippen LogP contribution is 2.30. The maximum absolute atomic E-state index is 13.9. The van der Waals surface area contributed by atoms with Crippen molar-refractivity contribution < 1.29 is 23.1 Å². The van der Waals surface area contributed by atoms with E-state index in [4.69, 9.17) is 16.3 Å². The summed E-state index contributed by atoms with van der Waals surface area (Å²) < 4.78 is 33.7. The smallest absolute Gasteiger partial charge is 0.263 e. The first kappa shape index (κ1) is 21.8. The fourth-order valence-electron chi connectivity index (χ4n) is 3.55. The number of halogens is 3. The van der Waals surface area contributed by atoms with Gasteiger partial charge in [0.15, 0.2) is 6.10 Å². The standard InChI is InChI=1S/C24H19ClF2N2O3/c1-14-24(31)29(12-15-5-2-3-6-18(15)25)13-16-11-17(9-10-21(16)32-14)28-23(30)22-19(26)7-4-8-20(22)27/h2-11,14H,12-13H2,1H3,(H,28,30)/t14-/m1/s1. The number of carbonyl (C=O) groups is 2. The molecule has 1 aliphatic rings. The lowest BCUT2D eigenvalue weighted by Gasteiger charge is -2.22. The van der Waals surface area contributed by atoms with Crippen molar-refractivity contribution in [3.63, 3.8) is 0 Å². The molecule has 0 saturated carbocycles. The van der Waals surface area contributed by atoms with Crippen LogP contribution in [0.3, 0.4) is 0 Å². The number of fused-ring (bicyclic) bond motifs is 1. The van der Waals surface area contributed by atoms with E-state index in [0.29, 0.717) is 22.0 Å². The predicted octanol–water partition coefficient (Wildman–Crippen LogP) is 5.18. The van der Waals surface area contributed by atoms with Crippen LogP contribution < -0.4 is 10.1 Å². The van der Waals surface area contributed by atoms with Gasteiger partial charge in [-0.1, -0.05) is 35.9 Å². The van der Waals surface area contributed by atoms with Gasteiger partial charge in [0.25, 0.3) is 11.8 Å². The van der Waals surface area contributed by atoms with Crippen LogP contribution in [0.15, 0.2) is 60.7 Å². The first-order valence-electron chi connectivity index (χ1n) is 9.90. The Bertz CT molecular complexity index is 1180. The van der Waals surface area contributed by atoms with E-state index in [-0.39, 0.29) is 19.0 Å². The molecule has 0 spiro atoms. The van der Waals surface area contributed by atoms with Gasteiger partial charge in [0, 0.05) is 29.4 Å². The third-order valence-electron chi connectivity index (χ3n) is 5.15. The average molecular weight is 457 g/mol. The van der Waals surface area contributed by atoms with Crippen LogP contribution in [0, 0.1) is 11.6 Å². The molecule has 32 heavy (non-hydrogen) atoms. The number of hydrogen-bond donors (Lipinski definition) is 1. The molecule has 8 heteroatoms. The molecule has 1 heterocycles. The Morgan fingerprint density at radius 1 is 1.12 bits per heavy atom. The summed E-state index contributed by atoms with van der Waals surface area (Å²) in [5.41, 5.74) is 1.08. The zero-order valence-electron chi connectivity index (χ0n) is 17.1. The van der Waals surface area contributed by atoms with Gasteiger partial charge in [-0.25, -0.2) is 8.78 Å². The molecule has 0 saturated heterocycles. The first-order chi connectivity index (χ1) is 15.3. The monoisotopic (exact) mass is 456 g/mol. The summed E-state index contributed by atoms with van der Waals surface area (Å²) in [7, 11) is 0. The molecule has 1 atom stereocenters. The van der Waals surface area contributed by atoms with Gasteiger partial charge in [-0.3, -0.25) is 9.59 Å². The van der Waals surface area contributed by atoms with Gasteiger partial charge < -0.3 is 15.0 Å². The van der Waals surface area contributed by atoms with E-state index in [9.17, 15) is 18.4 Å². The maximum Gasteiger partial charge on any atom is 0.263 e. The van der Waals surface area contributed by atoms with Crippen molar-refractivity contribution in [1.82, 2.24) is 4.90 Å². The molecule has 0 bridgehead atoms. The van der Waals surface area contributed by atoms with Crippen LogP contribution in [0.4, 0.5) is 14.5 Å². The number of nitrogens with one attached hydrogen (secondary N) is 1. The lowest BCUT2D eigenvalue weighted by atomic mass is 10.1. The Labute approximate surface area is 188 Å². The lowest BCUT2D eigenvalue weighted by Crippen LogP contribution is -2.37. The molecule has 164 valence electrons. The molecule has 0 aliphatic carbocycles. The molecule has 0 aromatic heterocycles. The number of ether oxygens (including phenoxy) is 1. The van der Waals surface area contributed by atoms with Crippen molar-refractivity contribution in [3.8, 4) is 5.75 Å². The summed E-state index contributed by atoms with van der Waals surface area (Å²) in [6.07, 6.45) is -0.716. The molecule has 0 radical (unpaired) electrons. The summed E-state index contributed by atoms with van der Waals surface area (Å²) in [5.74, 6) is -2.54. The van der Waals surface area contributed by atoms with Crippen molar-refractivity contribution in [1.29, 1.82) is 0 Å². The van der Waals surface area contributed by atoms with Gasteiger partial charge in [-0.05, 0) is 48.9 Å². The Kier molecular flexibility index (Phi) is 6.10. The summed E-state index contributed by atoms with van der Waals surface area (Å²) in [4.78, 5) is 26.9. The van der Waals surface area contributed by atoms with Gasteiger partial charge in [0.2, 0.25) is 0 Å². The lowest BCUT2D eigenvalue weighted by molar-refractivity contribution is -0.138. The molecule has 3 aromatic rings. The average Bonchev–Trinajstić information content (AvgIpc) is 2.86. The van der Waals surface area contributed by atoms with Crippen LogP contribution in [0.5, 0.6) is 5.75 Å². The van der Waals surface area contributed by atoms with Crippen LogP contribution in [0.2, 0.25) is 5.02 Å². The normalized spacial score (nSPS) is 15.6. The number of amides is 2. The summed E-state index contributed by atoms with van der Waals surface area (Å²) in [5, 5.41) is 3.05. The topological polar surface area (TPSA) is 58.6 Å². The van der Waals surface area contributed by atoms with E-state index in [1.807, 2.05) is 18.2 Å². The quantitative estimate of drug-likeness (QED) is 0.588. The first-order valence-corrected chi connectivity index (χ1v) is 10.3. The minimum atomic E-state index is -0.953. The van der Waals surface area contributed by atoms with Crippen molar-refractivity contribution in [3.05, 3.63) is 94.0 Å². The Balaban J connectivity index is 1.60. The summed E-state index contributed by atoms with van der Waals surface area (Å²) in [6.45, 7) is 2.15. The molecule has 3 aromatic carbocycles. The molecule has 0 unspecified atom stereocenters. The van der Waals surface area contributed by atoms with E-state index in [1.54, 1.807) is 36.1 Å². The summed E-state index contributed by atoms with van der Waals surface area (Å²) >= 11 is 6.26. The highest BCUT2D eigenvalue weighted by atomic mass is 35.5. The molecular weight excluding hydrogens is 438 g/mol. The highest BCUT2D eigenvalue weighted by Gasteiger charge is 2.28. The van der Waals surface area contributed by atoms with Crippen molar-refractivity contribution >= 4 is 29.1 Å². The van der Waals surface area contributed by atoms with E-state index in [0.717, 1.165) is 17.7 Å². The molecule has 1 aliphatic heterocycles. The van der Waals surface area contributed by atoms with Gasteiger partial charge in [0.1, 0.15) is 22.9 Å². The summed E-state index contributed by atoms with van der Waals surface area (Å²) in [6, 6.07) is 15.3. The van der Waals surface area contributed by atoms with Crippen molar-refractivity contribution in [2.75, 3.05) is 5.32 Å². The molecule has 0 fully saturated rings. The van der Waals surface area contributed by atoms with Crippen molar-refractivity contribution in [2.45, 2.75) is 26.1 Å². The molecule has 4 rings (SSSR count). The minimum Gasteiger partial charge on any atom is -0.481 e. The van der Waals surface area contributed by atoms with E-state index < -0.39 is 29.2 Å². The highest BCUT2D eigenvalue weighted by molar-refractivity contribution is 6.31. The van der Waals surface area contributed by atoms with E-state index in [1.165, 1.54) is 6.07 Å². The Morgan fingerprint density at radius 2 is 1.84 bits per heavy atom. The molecule has 2 amide bonds. The number of hydrogen-bond acceptors (Lipinski definition) is 3. The predicted molar refractivity (Wildman–Crippen MR) is 117 cm³/mol. The second kappa shape index (κ2) is 8.96. The maximum atomic E-state index is 13.9. The Hall–Kier alpha value is -3.45. The van der Waals surface area contributed by atoms with Crippen LogP contribution in [-0.2, 0) is 17.9 Å². The van der Waals surface area contributed by atoms with Gasteiger partial charge >= 0.3 is 0 Å². The number of nitrogens with zero attached hydrogens (tertiary/aromatic N) is 1. The minimum absolute atomic E-state index is 0.208. The second-order valence-electron chi connectivity index (χ2n) is 7.42. The van der Waals surface area contributed by atoms with Gasteiger partial charge in [-0.2, -0.15) is 0 Å². The van der Waals surface area contributed by atoms with E-state index >= 15 is 0 Å². The van der Waals surface area contributed by atoms with Gasteiger partial charge in [-0.15, -0.1) is 0 Å². The molecule has 5 nitrogen and oxygen atoms in total. The number of benzene rings is 3. The van der Waals surface area contributed by atoms with Crippen LogP contribution in [0.25, 0.3) is 0 Å².